The fraction of sp³-hybridized carbons (Fsp3) is 0.407. The summed E-state index contributed by atoms with van der Waals surface area (Å²) in [7, 11) is 0. The van der Waals surface area contributed by atoms with Crippen LogP contribution < -0.4 is 4.90 Å². The third-order valence-corrected chi connectivity index (χ3v) is 8.13. The van der Waals surface area contributed by atoms with Crippen LogP contribution in [0.4, 0.5) is 15.0 Å². The van der Waals surface area contributed by atoms with E-state index in [9.17, 15) is 15.2 Å². The van der Waals surface area contributed by atoms with Crippen LogP contribution in [0.2, 0.25) is 5.02 Å². The lowest BCUT2D eigenvalue weighted by Gasteiger charge is -2.39. The second-order valence-corrected chi connectivity index (χ2v) is 10.4. The molecule has 3 aromatic heterocycles. The van der Waals surface area contributed by atoms with E-state index in [2.05, 4.69) is 20.1 Å². The zero-order valence-corrected chi connectivity index (χ0v) is 22.5. The van der Waals surface area contributed by atoms with Crippen molar-refractivity contribution in [1.29, 1.82) is 5.26 Å². The Kier molecular flexibility index (Phi) is 6.85. The number of benzene rings is 1. The average molecular weight is 565 g/mol. The van der Waals surface area contributed by atoms with Crippen LogP contribution in [-0.2, 0) is 4.74 Å². The summed E-state index contributed by atoms with van der Waals surface area (Å²) >= 11 is 6.77. The smallest absolute Gasteiger partial charge is 0.407 e. The highest BCUT2D eigenvalue weighted by molar-refractivity contribution is 6.35. The zero-order chi connectivity index (χ0) is 28.0. The number of fused-ring (bicyclic) bond motifs is 2. The fourth-order valence-electron chi connectivity index (χ4n) is 5.65. The Labute approximate surface area is 233 Å². The van der Waals surface area contributed by atoms with Gasteiger partial charge in [0.05, 0.1) is 40.7 Å². The molecule has 0 spiro atoms. The maximum Gasteiger partial charge on any atom is 0.407 e. The van der Waals surface area contributed by atoms with Gasteiger partial charge in [-0.05, 0) is 37.8 Å². The number of rotatable bonds is 4. The highest BCUT2D eigenvalue weighted by Gasteiger charge is 2.32. The van der Waals surface area contributed by atoms with Gasteiger partial charge in [-0.25, -0.2) is 23.8 Å². The van der Waals surface area contributed by atoms with Gasteiger partial charge in [-0.15, -0.1) is 0 Å². The maximum atomic E-state index is 16.3. The molecule has 1 unspecified atom stereocenters. The first-order chi connectivity index (χ1) is 19.4. The summed E-state index contributed by atoms with van der Waals surface area (Å²) in [5.74, 6) is -0.215. The van der Waals surface area contributed by atoms with Crippen molar-refractivity contribution in [3.8, 4) is 17.3 Å². The monoisotopic (exact) mass is 564 g/mol. The van der Waals surface area contributed by atoms with Crippen molar-refractivity contribution in [2.24, 2.45) is 0 Å². The number of halogens is 2. The average Bonchev–Trinajstić information content (AvgIpc) is 3.38. The molecule has 1 N–H and O–H groups in total. The molecule has 40 heavy (non-hydrogen) atoms. The summed E-state index contributed by atoms with van der Waals surface area (Å²) in [6.07, 6.45) is 6.11. The minimum atomic E-state index is -1.08. The lowest BCUT2D eigenvalue weighted by Crippen LogP contribution is -2.55. The van der Waals surface area contributed by atoms with E-state index < -0.39 is 18.0 Å². The second kappa shape index (κ2) is 10.5. The molecule has 206 valence electrons. The van der Waals surface area contributed by atoms with Gasteiger partial charge in [0.15, 0.2) is 12.0 Å². The van der Waals surface area contributed by atoms with Gasteiger partial charge in [0.25, 0.3) is 0 Å². The van der Waals surface area contributed by atoms with Crippen LogP contribution in [0.25, 0.3) is 33.1 Å². The lowest BCUT2D eigenvalue weighted by molar-refractivity contribution is -0.0366. The Bertz CT molecular complexity index is 1670. The minimum Gasteiger partial charge on any atom is -0.465 e. The molecule has 6 rings (SSSR count). The number of ether oxygens (including phenoxy) is 1. The molecule has 4 aromatic rings. The lowest BCUT2D eigenvalue weighted by atomic mass is 10.0. The third-order valence-electron chi connectivity index (χ3n) is 7.64. The first-order valence-corrected chi connectivity index (χ1v) is 13.5. The Morgan fingerprint density at radius 3 is 2.85 bits per heavy atom. The van der Waals surface area contributed by atoms with Crippen LogP contribution in [0.3, 0.4) is 0 Å². The van der Waals surface area contributed by atoms with Crippen molar-refractivity contribution >= 4 is 45.3 Å². The highest BCUT2D eigenvalue weighted by atomic mass is 35.5. The van der Waals surface area contributed by atoms with E-state index in [0.29, 0.717) is 40.3 Å². The SMILES string of the molecule is Cc1cc2c(cnn2C2CCCCO2)c(-c2ncc3c(N4CCN(C(=O)O)[C@@H](CC#N)C4)ncnc3c2F)c1Cl. The Morgan fingerprint density at radius 1 is 1.25 bits per heavy atom. The zero-order valence-electron chi connectivity index (χ0n) is 21.7. The number of piperazine rings is 1. The summed E-state index contributed by atoms with van der Waals surface area (Å²) in [5.41, 5.74) is 2.10. The van der Waals surface area contributed by atoms with Crippen molar-refractivity contribution in [3.63, 3.8) is 0 Å². The van der Waals surface area contributed by atoms with Crippen LogP contribution in [0, 0.1) is 24.1 Å². The van der Waals surface area contributed by atoms with Crippen molar-refractivity contribution in [2.45, 2.75) is 44.9 Å². The number of aromatic nitrogens is 5. The minimum absolute atomic E-state index is 0.0318. The van der Waals surface area contributed by atoms with E-state index in [1.54, 1.807) is 6.20 Å². The topological polar surface area (TPSA) is 133 Å². The highest BCUT2D eigenvalue weighted by Crippen LogP contribution is 2.41. The van der Waals surface area contributed by atoms with Gasteiger partial charge < -0.3 is 19.6 Å². The van der Waals surface area contributed by atoms with Crippen LogP contribution in [-0.4, -0.2) is 73.1 Å². The van der Waals surface area contributed by atoms with E-state index in [4.69, 9.17) is 16.3 Å². The molecule has 0 bridgehead atoms. The third kappa shape index (κ3) is 4.35. The van der Waals surface area contributed by atoms with Gasteiger partial charge in [-0.1, -0.05) is 11.6 Å². The molecular weight excluding hydrogens is 539 g/mol. The number of nitrogens with zero attached hydrogens (tertiary/aromatic N) is 8. The summed E-state index contributed by atoms with van der Waals surface area (Å²) in [6, 6.07) is 3.44. The van der Waals surface area contributed by atoms with E-state index in [1.807, 2.05) is 28.6 Å². The quantitative estimate of drug-likeness (QED) is 0.366. The molecule has 2 atom stereocenters. The molecule has 0 saturated carbocycles. The number of amides is 1. The first kappa shape index (κ1) is 26.2. The van der Waals surface area contributed by atoms with Crippen LogP contribution >= 0.6 is 11.6 Å². The van der Waals surface area contributed by atoms with Crippen molar-refractivity contribution < 1.29 is 19.0 Å². The number of hydrogen-bond acceptors (Lipinski definition) is 8. The Morgan fingerprint density at radius 2 is 2.10 bits per heavy atom. The van der Waals surface area contributed by atoms with Crippen molar-refractivity contribution in [2.75, 3.05) is 31.1 Å². The van der Waals surface area contributed by atoms with Gasteiger partial charge >= 0.3 is 6.09 Å². The van der Waals surface area contributed by atoms with E-state index in [1.165, 1.54) is 17.4 Å². The van der Waals surface area contributed by atoms with Crippen molar-refractivity contribution in [3.05, 3.63) is 41.2 Å². The van der Waals surface area contributed by atoms with Gasteiger partial charge in [0.2, 0.25) is 0 Å². The van der Waals surface area contributed by atoms with Gasteiger partial charge in [0.1, 0.15) is 23.4 Å². The molecule has 0 aliphatic carbocycles. The number of carbonyl (C=O) groups is 1. The molecule has 1 aromatic carbocycles. The number of anilines is 1. The number of hydrogen-bond donors (Lipinski definition) is 1. The van der Waals surface area contributed by atoms with Crippen LogP contribution in [0.1, 0.15) is 37.5 Å². The normalized spacial score (nSPS) is 19.8. The van der Waals surface area contributed by atoms with E-state index in [-0.39, 0.29) is 36.9 Å². The number of carboxylic acid groups (broad SMARTS) is 1. The van der Waals surface area contributed by atoms with E-state index in [0.717, 1.165) is 30.3 Å². The molecule has 11 nitrogen and oxygen atoms in total. The Hall–Kier alpha value is -4.08. The summed E-state index contributed by atoms with van der Waals surface area (Å²) < 4.78 is 24.0. The van der Waals surface area contributed by atoms with Gasteiger partial charge in [-0.2, -0.15) is 10.4 Å². The van der Waals surface area contributed by atoms with Gasteiger partial charge in [0, 0.05) is 43.4 Å². The predicted octanol–water partition coefficient (Wildman–Crippen LogP) is 4.92. The molecule has 2 aliphatic rings. The summed E-state index contributed by atoms with van der Waals surface area (Å²) in [4.78, 5) is 27.9. The second-order valence-electron chi connectivity index (χ2n) is 10.0. The Balaban J connectivity index is 1.43. The van der Waals surface area contributed by atoms with Crippen molar-refractivity contribution in [1.82, 2.24) is 29.6 Å². The molecule has 13 heteroatoms. The molecule has 2 fully saturated rings. The maximum absolute atomic E-state index is 16.3. The summed E-state index contributed by atoms with van der Waals surface area (Å²) in [5, 5.41) is 24.7. The number of nitriles is 1. The van der Waals surface area contributed by atoms with E-state index >= 15 is 4.39 Å². The molecule has 2 aliphatic heterocycles. The molecule has 0 radical (unpaired) electrons. The van der Waals surface area contributed by atoms with Crippen LogP contribution in [0.15, 0.2) is 24.8 Å². The van der Waals surface area contributed by atoms with Gasteiger partial charge in [-0.3, -0.25) is 4.98 Å². The standard InChI is InChI=1S/C27H26ClFN8O3/c1-15-10-19-17(12-34-37(19)20-4-2-3-9-40-20)21(22(15)28)25-23(29)24-18(11-31-25)26(33-14-32-24)35-7-8-36(27(38)39)16(13-35)5-6-30/h10-12,14,16,20H,2-5,7-9,13H2,1H3,(H,38,39)/t16-,20?/m0/s1. The predicted molar refractivity (Wildman–Crippen MR) is 146 cm³/mol. The number of pyridine rings is 1. The first-order valence-electron chi connectivity index (χ1n) is 13.1. The molecule has 1 amide bonds. The molecule has 2 saturated heterocycles. The van der Waals surface area contributed by atoms with Crippen LogP contribution in [0.5, 0.6) is 0 Å². The fourth-order valence-corrected chi connectivity index (χ4v) is 5.90. The number of aryl methyl sites for hydroxylation is 1. The summed E-state index contributed by atoms with van der Waals surface area (Å²) in [6.45, 7) is 3.28. The molecular formula is C27H26ClFN8O3. The molecule has 5 heterocycles. The largest absolute Gasteiger partial charge is 0.465 e.